The lowest BCUT2D eigenvalue weighted by Crippen LogP contribution is -2.09. The summed E-state index contributed by atoms with van der Waals surface area (Å²) in [5.74, 6) is 1.79. The molecule has 0 aliphatic heterocycles. The minimum Gasteiger partial charge on any atom is -0.0619 e. The molecule has 0 saturated carbocycles. The van der Waals surface area contributed by atoms with Crippen molar-refractivity contribution in [2.24, 2.45) is 11.8 Å². The van der Waals surface area contributed by atoms with E-state index < -0.39 is 0 Å². The summed E-state index contributed by atoms with van der Waals surface area (Å²) < 4.78 is 0. The van der Waals surface area contributed by atoms with Crippen LogP contribution in [0.2, 0.25) is 0 Å². The van der Waals surface area contributed by atoms with E-state index >= 15 is 0 Å². The molecule has 2 aliphatic rings. The number of fused-ring (bicyclic) bond motifs is 2. The Hall–Kier alpha value is -2.86. The quantitative estimate of drug-likeness (QED) is 0.422. The first-order chi connectivity index (χ1) is 14.5. The zero-order valence-corrected chi connectivity index (χ0v) is 18.4. The molecule has 0 heterocycles. The largest absolute Gasteiger partial charge is 0.0619 e. The van der Waals surface area contributed by atoms with Gasteiger partial charge in [0, 0.05) is 11.8 Å². The highest BCUT2D eigenvalue weighted by Crippen LogP contribution is 2.47. The molecule has 30 heavy (non-hydrogen) atoms. The van der Waals surface area contributed by atoms with E-state index in [2.05, 4.69) is 113 Å². The molecular weight excluding hydrogens is 360 g/mol. The van der Waals surface area contributed by atoms with E-state index in [0.717, 1.165) is 0 Å². The van der Waals surface area contributed by atoms with Gasteiger partial charge in [0.15, 0.2) is 0 Å². The third-order valence-electron chi connectivity index (χ3n) is 6.84. The molecule has 2 aliphatic carbocycles. The van der Waals surface area contributed by atoms with Crippen LogP contribution >= 0.6 is 0 Å². The van der Waals surface area contributed by atoms with E-state index in [0.29, 0.717) is 23.7 Å². The molecule has 0 amide bonds. The number of allylic oxidation sites excluding steroid dienone is 2. The zero-order valence-electron chi connectivity index (χ0n) is 18.4. The van der Waals surface area contributed by atoms with Crippen LogP contribution in [0.25, 0.3) is 12.2 Å². The van der Waals surface area contributed by atoms with Gasteiger partial charge in [-0.3, -0.25) is 0 Å². The monoisotopic (exact) mass is 390 g/mol. The van der Waals surface area contributed by atoms with Crippen LogP contribution in [0.3, 0.4) is 0 Å². The Labute approximate surface area is 181 Å². The highest BCUT2D eigenvalue weighted by atomic mass is 14.3. The molecule has 150 valence electrons. The van der Waals surface area contributed by atoms with Crippen molar-refractivity contribution >= 4 is 12.2 Å². The minimum absolute atomic E-state index is 0.365. The molecule has 2 atom stereocenters. The van der Waals surface area contributed by atoms with Crippen molar-refractivity contribution in [3.63, 3.8) is 0 Å². The molecule has 0 N–H and O–H groups in total. The van der Waals surface area contributed by atoms with Gasteiger partial charge in [0.2, 0.25) is 0 Å². The average molecular weight is 391 g/mol. The first kappa shape index (κ1) is 19.1. The molecule has 0 fully saturated rings. The Bertz CT molecular complexity index is 1070. The molecule has 0 heteroatoms. The summed E-state index contributed by atoms with van der Waals surface area (Å²) in [4.78, 5) is 0. The maximum Gasteiger partial charge on any atom is 0.0310 e. The minimum atomic E-state index is 0.365. The summed E-state index contributed by atoms with van der Waals surface area (Å²) in [5.41, 5.74) is 11.6. The second kappa shape index (κ2) is 7.43. The molecule has 0 spiro atoms. The third kappa shape index (κ3) is 3.06. The van der Waals surface area contributed by atoms with Crippen LogP contribution in [-0.4, -0.2) is 0 Å². The summed E-state index contributed by atoms with van der Waals surface area (Å²) in [5, 5.41) is 0. The molecule has 0 radical (unpaired) electrons. The van der Waals surface area contributed by atoms with Gasteiger partial charge < -0.3 is 0 Å². The zero-order chi connectivity index (χ0) is 20.8. The van der Waals surface area contributed by atoms with Gasteiger partial charge >= 0.3 is 0 Å². The lowest BCUT2D eigenvalue weighted by atomic mass is 9.79. The Morgan fingerprint density at radius 1 is 0.533 bits per heavy atom. The van der Waals surface area contributed by atoms with Crippen molar-refractivity contribution in [1.82, 2.24) is 0 Å². The Morgan fingerprint density at radius 3 is 1.40 bits per heavy atom. The van der Waals surface area contributed by atoms with Crippen LogP contribution < -0.4 is 0 Å². The van der Waals surface area contributed by atoms with Crippen molar-refractivity contribution in [3.05, 3.63) is 117 Å². The van der Waals surface area contributed by atoms with Crippen molar-refractivity contribution in [1.29, 1.82) is 0 Å². The second-order valence-corrected chi connectivity index (χ2v) is 9.39. The fraction of sp³-hybridized carbons (Fsp3) is 0.267. The fourth-order valence-electron chi connectivity index (χ4n) is 5.36. The van der Waals surface area contributed by atoms with Crippen LogP contribution in [-0.2, 0) is 0 Å². The van der Waals surface area contributed by atoms with Crippen LogP contribution in [0.4, 0.5) is 0 Å². The lowest BCUT2D eigenvalue weighted by molar-refractivity contribution is 0.708. The van der Waals surface area contributed by atoms with Gasteiger partial charge in [0.25, 0.3) is 0 Å². The van der Waals surface area contributed by atoms with Crippen LogP contribution in [0, 0.1) is 11.8 Å². The van der Waals surface area contributed by atoms with Gasteiger partial charge in [-0.2, -0.15) is 0 Å². The number of hydrogen-bond donors (Lipinski definition) is 0. The van der Waals surface area contributed by atoms with E-state index in [1.807, 2.05) is 0 Å². The summed E-state index contributed by atoms with van der Waals surface area (Å²) in [6, 6.07) is 27.2. The SMILES string of the molecule is CC(C)C1=Cc2ccccc2C1c1cccc(C2C(C(C)C)=Cc3ccccc32)c1. The van der Waals surface area contributed by atoms with Crippen LogP contribution in [0.5, 0.6) is 0 Å². The summed E-state index contributed by atoms with van der Waals surface area (Å²) in [6.07, 6.45) is 4.84. The van der Waals surface area contributed by atoms with E-state index in [1.54, 1.807) is 0 Å². The maximum absolute atomic E-state index is 2.48. The molecule has 2 unspecified atom stereocenters. The third-order valence-corrected chi connectivity index (χ3v) is 6.84. The molecule has 3 aromatic carbocycles. The number of hydrogen-bond acceptors (Lipinski definition) is 0. The number of rotatable bonds is 4. The number of benzene rings is 3. The normalized spacial score (nSPS) is 19.7. The van der Waals surface area contributed by atoms with Crippen molar-refractivity contribution in [2.75, 3.05) is 0 Å². The Balaban J connectivity index is 1.62. The van der Waals surface area contributed by atoms with Crippen LogP contribution in [0.15, 0.2) is 83.9 Å². The van der Waals surface area contributed by atoms with Crippen molar-refractivity contribution in [2.45, 2.75) is 39.5 Å². The first-order valence-corrected chi connectivity index (χ1v) is 11.2. The first-order valence-electron chi connectivity index (χ1n) is 11.2. The average Bonchev–Trinajstić information content (AvgIpc) is 3.33. The van der Waals surface area contributed by atoms with Crippen molar-refractivity contribution < 1.29 is 0 Å². The summed E-state index contributed by atoms with van der Waals surface area (Å²) in [6.45, 7) is 9.28. The van der Waals surface area contributed by atoms with Gasteiger partial charge in [-0.25, -0.2) is 0 Å². The fourth-order valence-corrected chi connectivity index (χ4v) is 5.36. The second-order valence-electron chi connectivity index (χ2n) is 9.39. The van der Waals surface area contributed by atoms with Gasteiger partial charge in [-0.15, -0.1) is 0 Å². The molecule has 5 rings (SSSR count). The summed E-state index contributed by atoms with van der Waals surface area (Å²) >= 11 is 0. The Kier molecular flexibility index (Phi) is 4.74. The molecular formula is C30H30. The van der Waals surface area contributed by atoms with E-state index in [1.165, 1.54) is 44.5 Å². The molecule has 0 bridgehead atoms. The highest BCUT2D eigenvalue weighted by Gasteiger charge is 2.31. The smallest absolute Gasteiger partial charge is 0.0310 e. The lowest BCUT2D eigenvalue weighted by Gasteiger charge is -2.24. The topological polar surface area (TPSA) is 0 Å². The highest BCUT2D eigenvalue weighted by molar-refractivity contribution is 5.72. The van der Waals surface area contributed by atoms with Gasteiger partial charge in [-0.1, -0.05) is 124 Å². The molecule has 0 aromatic heterocycles. The predicted octanol–water partition coefficient (Wildman–Crippen LogP) is 8.06. The molecule has 3 aromatic rings. The van der Waals surface area contributed by atoms with Gasteiger partial charge in [0.05, 0.1) is 0 Å². The van der Waals surface area contributed by atoms with Gasteiger partial charge in [-0.05, 0) is 45.2 Å². The van der Waals surface area contributed by atoms with E-state index in [-0.39, 0.29) is 0 Å². The van der Waals surface area contributed by atoms with Gasteiger partial charge in [0.1, 0.15) is 0 Å². The van der Waals surface area contributed by atoms with Crippen LogP contribution in [0.1, 0.15) is 72.9 Å². The molecule has 0 nitrogen and oxygen atoms in total. The summed E-state index contributed by atoms with van der Waals surface area (Å²) in [7, 11) is 0. The Morgan fingerprint density at radius 2 is 0.967 bits per heavy atom. The van der Waals surface area contributed by atoms with E-state index in [9.17, 15) is 0 Å². The standard InChI is InChI=1S/C30H30/c1-19(2)27-17-21-10-5-7-14-25(21)29(27)23-12-9-13-24(16-23)30-26-15-8-6-11-22(26)18-28(30)20(3)4/h5-20,29-30H,1-4H3. The van der Waals surface area contributed by atoms with E-state index in [4.69, 9.17) is 0 Å². The molecule has 0 saturated heterocycles. The van der Waals surface area contributed by atoms with Crippen molar-refractivity contribution in [3.8, 4) is 0 Å². The predicted molar refractivity (Wildman–Crippen MR) is 129 cm³/mol. The maximum atomic E-state index is 2.48.